The summed E-state index contributed by atoms with van der Waals surface area (Å²) in [7, 11) is 0. The molecule has 4 nitrogen and oxygen atoms in total. The third kappa shape index (κ3) is 5.80. The van der Waals surface area contributed by atoms with E-state index in [1.807, 2.05) is 26.0 Å². The van der Waals surface area contributed by atoms with E-state index in [1.54, 1.807) is 6.07 Å². The van der Waals surface area contributed by atoms with Crippen LogP contribution in [0.3, 0.4) is 0 Å². The summed E-state index contributed by atoms with van der Waals surface area (Å²) in [5.41, 5.74) is 6.97. The molecule has 1 amide bonds. The molecular formula is C15H23ClN2O2. The number of carbonyl (C=O) groups is 1. The van der Waals surface area contributed by atoms with Crippen molar-refractivity contribution in [1.82, 2.24) is 5.32 Å². The van der Waals surface area contributed by atoms with Crippen LogP contribution < -0.4 is 15.8 Å². The first-order chi connectivity index (χ1) is 9.56. The highest BCUT2D eigenvalue weighted by Crippen LogP contribution is 2.24. The number of nitrogens with one attached hydrogen (secondary N) is 1. The number of hydrogen-bond donors (Lipinski definition) is 2. The third-order valence-corrected chi connectivity index (χ3v) is 3.22. The zero-order chi connectivity index (χ0) is 15.0. The van der Waals surface area contributed by atoms with Crippen molar-refractivity contribution in [3.05, 3.63) is 28.8 Å². The molecule has 1 unspecified atom stereocenters. The van der Waals surface area contributed by atoms with Gasteiger partial charge in [0.05, 0.1) is 13.0 Å². The van der Waals surface area contributed by atoms with Crippen molar-refractivity contribution in [1.29, 1.82) is 0 Å². The molecular weight excluding hydrogens is 276 g/mol. The molecule has 1 aromatic rings. The van der Waals surface area contributed by atoms with Gasteiger partial charge in [0.2, 0.25) is 5.91 Å². The Morgan fingerprint density at radius 1 is 1.45 bits per heavy atom. The molecule has 0 bridgehead atoms. The zero-order valence-electron chi connectivity index (χ0n) is 12.1. The Morgan fingerprint density at radius 3 is 2.85 bits per heavy atom. The van der Waals surface area contributed by atoms with Gasteiger partial charge in [-0.2, -0.15) is 0 Å². The van der Waals surface area contributed by atoms with E-state index < -0.39 is 0 Å². The van der Waals surface area contributed by atoms with Gasteiger partial charge in [-0.1, -0.05) is 18.5 Å². The van der Waals surface area contributed by atoms with E-state index in [-0.39, 0.29) is 11.9 Å². The predicted molar refractivity (Wildman–Crippen MR) is 82.2 cm³/mol. The number of carbonyl (C=O) groups excluding carboxylic acids is 1. The number of halogens is 1. The minimum Gasteiger partial charge on any atom is -0.493 e. The normalized spacial score (nSPS) is 12.0. The van der Waals surface area contributed by atoms with Crippen molar-refractivity contribution in [2.75, 3.05) is 13.2 Å². The lowest BCUT2D eigenvalue weighted by Gasteiger charge is -2.14. The summed E-state index contributed by atoms with van der Waals surface area (Å²) < 4.78 is 5.68. The highest BCUT2D eigenvalue weighted by Gasteiger charge is 2.09. The fourth-order valence-corrected chi connectivity index (χ4v) is 2.01. The van der Waals surface area contributed by atoms with Gasteiger partial charge in [0, 0.05) is 17.6 Å². The van der Waals surface area contributed by atoms with Crippen molar-refractivity contribution in [2.45, 2.75) is 39.2 Å². The summed E-state index contributed by atoms with van der Waals surface area (Å²) in [6.07, 6.45) is 1.95. The smallest absolute Gasteiger partial charge is 0.223 e. The molecule has 0 aliphatic carbocycles. The van der Waals surface area contributed by atoms with Crippen LogP contribution >= 0.6 is 11.6 Å². The number of ether oxygens (including phenoxy) is 1. The van der Waals surface area contributed by atoms with Gasteiger partial charge in [-0.15, -0.1) is 0 Å². The van der Waals surface area contributed by atoms with E-state index in [9.17, 15) is 4.79 Å². The Balaban J connectivity index is 2.62. The van der Waals surface area contributed by atoms with E-state index >= 15 is 0 Å². The number of rotatable bonds is 8. The lowest BCUT2D eigenvalue weighted by atomic mass is 10.0. The van der Waals surface area contributed by atoms with Crippen molar-refractivity contribution in [3.63, 3.8) is 0 Å². The molecule has 3 N–H and O–H groups in total. The van der Waals surface area contributed by atoms with Crippen LogP contribution in [0, 0.1) is 0 Å². The van der Waals surface area contributed by atoms with Crippen molar-refractivity contribution < 1.29 is 9.53 Å². The summed E-state index contributed by atoms with van der Waals surface area (Å²) in [6, 6.07) is 5.57. The maximum atomic E-state index is 11.4. The molecule has 1 atom stereocenters. The second-order valence-corrected chi connectivity index (χ2v) is 5.11. The molecule has 0 fully saturated rings. The van der Waals surface area contributed by atoms with E-state index in [2.05, 4.69) is 5.32 Å². The van der Waals surface area contributed by atoms with Gasteiger partial charge in [-0.25, -0.2) is 0 Å². The lowest BCUT2D eigenvalue weighted by molar-refractivity contribution is -0.121. The van der Waals surface area contributed by atoms with Crippen LogP contribution in [0.1, 0.15) is 32.3 Å². The molecule has 0 aliphatic heterocycles. The van der Waals surface area contributed by atoms with Gasteiger partial charge in [-0.05, 0) is 43.5 Å². The van der Waals surface area contributed by atoms with E-state index in [0.717, 1.165) is 17.7 Å². The summed E-state index contributed by atoms with van der Waals surface area (Å²) in [4.78, 5) is 11.4. The molecule has 5 heteroatoms. The minimum atomic E-state index is -0.00623. The van der Waals surface area contributed by atoms with Crippen LogP contribution in [0.2, 0.25) is 5.02 Å². The highest BCUT2D eigenvalue weighted by atomic mass is 35.5. The number of benzene rings is 1. The Kier molecular flexibility index (Phi) is 7.41. The number of hydrogen-bond acceptors (Lipinski definition) is 3. The first-order valence-corrected chi connectivity index (χ1v) is 7.38. The van der Waals surface area contributed by atoms with E-state index in [1.165, 1.54) is 0 Å². The van der Waals surface area contributed by atoms with Crippen LogP contribution in [0.4, 0.5) is 0 Å². The van der Waals surface area contributed by atoms with Gasteiger partial charge >= 0.3 is 0 Å². The van der Waals surface area contributed by atoms with Gasteiger partial charge in [-0.3, -0.25) is 4.79 Å². The topological polar surface area (TPSA) is 64.3 Å². The molecule has 0 aliphatic rings. The summed E-state index contributed by atoms with van der Waals surface area (Å²) in [5.74, 6) is 0.746. The van der Waals surface area contributed by atoms with Crippen molar-refractivity contribution in [2.24, 2.45) is 5.73 Å². The van der Waals surface area contributed by atoms with Gasteiger partial charge in [0.15, 0.2) is 0 Å². The predicted octanol–water partition coefficient (Wildman–Crippen LogP) is 2.52. The largest absolute Gasteiger partial charge is 0.493 e. The van der Waals surface area contributed by atoms with Crippen LogP contribution in [-0.4, -0.2) is 25.1 Å². The van der Waals surface area contributed by atoms with E-state index in [0.29, 0.717) is 31.0 Å². The first-order valence-electron chi connectivity index (χ1n) is 7.00. The van der Waals surface area contributed by atoms with Gasteiger partial charge < -0.3 is 15.8 Å². The van der Waals surface area contributed by atoms with Crippen LogP contribution in [0.5, 0.6) is 5.75 Å². The van der Waals surface area contributed by atoms with E-state index in [4.69, 9.17) is 22.1 Å². The second kappa shape index (κ2) is 8.82. The molecule has 0 saturated carbocycles. The number of amides is 1. The SMILES string of the molecule is CCNC(=O)CCOc1ccc(Cl)cc1CC(N)CC. The summed E-state index contributed by atoms with van der Waals surface area (Å²) >= 11 is 6.01. The van der Waals surface area contributed by atoms with Crippen LogP contribution in [-0.2, 0) is 11.2 Å². The monoisotopic (exact) mass is 298 g/mol. The Morgan fingerprint density at radius 2 is 2.20 bits per heavy atom. The Bertz CT molecular complexity index is 438. The Hall–Kier alpha value is -1.26. The maximum Gasteiger partial charge on any atom is 0.223 e. The maximum absolute atomic E-state index is 11.4. The minimum absolute atomic E-state index is 0.00623. The second-order valence-electron chi connectivity index (χ2n) is 4.68. The average molecular weight is 299 g/mol. The fraction of sp³-hybridized carbons (Fsp3) is 0.533. The number of nitrogens with two attached hydrogens (primary N) is 1. The molecule has 1 rings (SSSR count). The molecule has 0 radical (unpaired) electrons. The van der Waals surface area contributed by atoms with Gasteiger partial charge in [0.25, 0.3) is 0 Å². The van der Waals surface area contributed by atoms with Crippen LogP contribution in [0.25, 0.3) is 0 Å². The lowest BCUT2D eigenvalue weighted by Crippen LogP contribution is -2.24. The third-order valence-electron chi connectivity index (χ3n) is 2.99. The quantitative estimate of drug-likeness (QED) is 0.775. The molecule has 0 heterocycles. The molecule has 0 spiro atoms. The van der Waals surface area contributed by atoms with Crippen molar-refractivity contribution in [3.8, 4) is 5.75 Å². The Labute approximate surface area is 125 Å². The molecule has 20 heavy (non-hydrogen) atoms. The van der Waals surface area contributed by atoms with Crippen molar-refractivity contribution >= 4 is 17.5 Å². The zero-order valence-corrected chi connectivity index (χ0v) is 12.9. The molecule has 0 aromatic heterocycles. The highest BCUT2D eigenvalue weighted by molar-refractivity contribution is 6.30. The average Bonchev–Trinajstić information content (AvgIpc) is 2.41. The molecule has 112 valence electrons. The van der Waals surface area contributed by atoms with Crippen LogP contribution in [0.15, 0.2) is 18.2 Å². The molecule has 0 saturated heterocycles. The fourth-order valence-electron chi connectivity index (χ4n) is 1.81. The first kappa shape index (κ1) is 16.8. The standard InChI is InChI=1S/C15H23ClN2O2/c1-3-13(17)10-11-9-12(16)5-6-14(11)20-8-7-15(19)18-4-2/h5-6,9,13H,3-4,7-8,10,17H2,1-2H3,(H,18,19). The summed E-state index contributed by atoms with van der Waals surface area (Å²) in [6.45, 7) is 4.92. The molecule has 1 aromatic carbocycles. The summed E-state index contributed by atoms with van der Waals surface area (Å²) in [5, 5.41) is 3.40. The van der Waals surface area contributed by atoms with Gasteiger partial charge in [0.1, 0.15) is 5.75 Å².